The zero-order valence-corrected chi connectivity index (χ0v) is 16.2. The van der Waals surface area contributed by atoms with Crippen LogP contribution >= 0.6 is 24.8 Å². The summed E-state index contributed by atoms with van der Waals surface area (Å²) in [4.78, 5) is 29.7. The van der Waals surface area contributed by atoms with E-state index in [4.69, 9.17) is 0 Å². The molecule has 2 N–H and O–H groups in total. The Bertz CT molecular complexity index is 511. The first-order valence-electron chi connectivity index (χ1n) is 8.26. The summed E-state index contributed by atoms with van der Waals surface area (Å²) >= 11 is 0. The van der Waals surface area contributed by atoms with Crippen LogP contribution in [0, 0.1) is 5.92 Å². The molecule has 2 amide bonds. The van der Waals surface area contributed by atoms with Gasteiger partial charge in [-0.2, -0.15) is 0 Å². The van der Waals surface area contributed by atoms with E-state index < -0.39 is 0 Å². The second-order valence-corrected chi connectivity index (χ2v) is 6.06. The minimum absolute atomic E-state index is 0. The topological polar surface area (TPSA) is 74.3 Å². The van der Waals surface area contributed by atoms with Crippen molar-refractivity contribution >= 4 is 36.6 Å². The van der Waals surface area contributed by atoms with Crippen molar-refractivity contribution < 1.29 is 9.59 Å². The van der Waals surface area contributed by atoms with Crippen LogP contribution in [0.1, 0.15) is 25.0 Å². The van der Waals surface area contributed by atoms with Gasteiger partial charge < -0.3 is 15.5 Å². The zero-order chi connectivity index (χ0) is 16.5. The van der Waals surface area contributed by atoms with Crippen LogP contribution < -0.4 is 10.6 Å². The molecule has 1 aliphatic rings. The third kappa shape index (κ3) is 9.05. The van der Waals surface area contributed by atoms with Gasteiger partial charge in [0.05, 0.1) is 6.54 Å². The molecule has 1 fully saturated rings. The molecule has 1 aromatic heterocycles. The molecule has 1 aromatic rings. The molecule has 0 bridgehead atoms. The minimum atomic E-state index is -0.0724. The number of hydrogen-bond donors (Lipinski definition) is 2. The van der Waals surface area contributed by atoms with Crippen LogP contribution in [0.5, 0.6) is 0 Å². The normalized spacial score (nSPS) is 15.6. The SMILES string of the molecule is CN(CCc1ccccn1)C(=O)CNC(=O)CCC1CCNC1.Cl.Cl. The van der Waals surface area contributed by atoms with Crippen molar-refractivity contribution in [1.82, 2.24) is 20.5 Å². The predicted octanol–water partition coefficient (Wildman–Crippen LogP) is 1.43. The smallest absolute Gasteiger partial charge is 0.241 e. The highest BCUT2D eigenvalue weighted by Gasteiger charge is 2.16. The van der Waals surface area contributed by atoms with Gasteiger partial charge in [0, 0.05) is 38.3 Å². The molecule has 1 unspecified atom stereocenters. The Morgan fingerprint density at radius 2 is 2.16 bits per heavy atom. The summed E-state index contributed by atoms with van der Waals surface area (Å²) in [5, 5.41) is 6.01. The van der Waals surface area contributed by atoms with Gasteiger partial charge in [0.1, 0.15) is 0 Å². The molecule has 0 saturated carbocycles. The minimum Gasteiger partial charge on any atom is -0.347 e. The van der Waals surface area contributed by atoms with E-state index in [1.54, 1.807) is 18.1 Å². The van der Waals surface area contributed by atoms with E-state index in [1.807, 2.05) is 18.2 Å². The quantitative estimate of drug-likeness (QED) is 0.703. The maximum atomic E-state index is 12.0. The van der Waals surface area contributed by atoms with E-state index in [1.165, 1.54) is 0 Å². The Morgan fingerprint density at radius 1 is 1.36 bits per heavy atom. The largest absolute Gasteiger partial charge is 0.347 e. The van der Waals surface area contributed by atoms with Crippen molar-refractivity contribution in [3.8, 4) is 0 Å². The van der Waals surface area contributed by atoms with Crippen molar-refractivity contribution in [2.45, 2.75) is 25.7 Å². The van der Waals surface area contributed by atoms with Crippen LogP contribution in [0.25, 0.3) is 0 Å². The maximum Gasteiger partial charge on any atom is 0.241 e. The van der Waals surface area contributed by atoms with Gasteiger partial charge in [-0.15, -0.1) is 24.8 Å². The van der Waals surface area contributed by atoms with Gasteiger partial charge in [0.2, 0.25) is 11.8 Å². The lowest BCUT2D eigenvalue weighted by atomic mass is 10.0. The monoisotopic (exact) mass is 390 g/mol. The second-order valence-electron chi connectivity index (χ2n) is 6.06. The Kier molecular flexibility index (Phi) is 12.2. The second kappa shape index (κ2) is 12.9. The molecule has 0 aromatic carbocycles. The van der Waals surface area contributed by atoms with Crippen molar-refractivity contribution in [2.75, 3.05) is 33.2 Å². The highest BCUT2D eigenvalue weighted by atomic mass is 35.5. The molecular formula is C17H28Cl2N4O2. The summed E-state index contributed by atoms with van der Waals surface area (Å²) in [5.41, 5.74) is 0.960. The van der Waals surface area contributed by atoms with Crippen LogP contribution in [0.15, 0.2) is 24.4 Å². The number of carbonyl (C=O) groups excluding carboxylic acids is 2. The molecule has 8 heteroatoms. The highest BCUT2D eigenvalue weighted by Crippen LogP contribution is 2.13. The van der Waals surface area contributed by atoms with Crippen LogP contribution in [-0.2, 0) is 16.0 Å². The van der Waals surface area contributed by atoms with Gasteiger partial charge in [-0.25, -0.2) is 0 Å². The lowest BCUT2D eigenvalue weighted by Gasteiger charge is -2.17. The summed E-state index contributed by atoms with van der Waals surface area (Å²) in [6.45, 7) is 2.72. The van der Waals surface area contributed by atoms with Crippen LogP contribution in [0.4, 0.5) is 0 Å². The summed E-state index contributed by atoms with van der Waals surface area (Å²) < 4.78 is 0. The number of rotatable bonds is 8. The Hall–Kier alpha value is -1.37. The molecule has 2 rings (SSSR count). The van der Waals surface area contributed by atoms with Gasteiger partial charge in [-0.05, 0) is 44.0 Å². The first-order valence-corrected chi connectivity index (χ1v) is 8.26. The zero-order valence-electron chi connectivity index (χ0n) is 14.6. The Morgan fingerprint density at radius 3 is 2.80 bits per heavy atom. The average molecular weight is 391 g/mol. The van der Waals surface area contributed by atoms with E-state index in [-0.39, 0.29) is 43.2 Å². The Labute approximate surface area is 162 Å². The number of nitrogens with one attached hydrogen (secondary N) is 2. The number of hydrogen-bond acceptors (Lipinski definition) is 4. The van der Waals surface area contributed by atoms with Crippen LogP contribution in [-0.4, -0.2) is 54.9 Å². The lowest BCUT2D eigenvalue weighted by molar-refractivity contribution is -0.131. The predicted molar refractivity (Wildman–Crippen MR) is 103 cm³/mol. The van der Waals surface area contributed by atoms with Gasteiger partial charge in [-0.1, -0.05) is 6.07 Å². The average Bonchev–Trinajstić information content (AvgIpc) is 3.10. The molecule has 142 valence electrons. The number of halogens is 2. The molecule has 1 saturated heterocycles. The third-order valence-corrected chi connectivity index (χ3v) is 4.23. The van der Waals surface area contributed by atoms with Gasteiger partial charge in [-0.3, -0.25) is 14.6 Å². The number of likely N-dealkylation sites (N-methyl/N-ethyl adjacent to an activating group) is 1. The van der Waals surface area contributed by atoms with Gasteiger partial charge >= 0.3 is 0 Å². The lowest BCUT2D eigenvalue weighted by Crippen LogP contribution is -2.39. The van der Waals surface area contributed by atoms with Crippen LogP contribution in [0.3, 0.4) is 0 Å². The number of carbonyl (C=O) groups is 2. The van der Waals surface area contributed by atoms with Crippen molar-refractivity contribution in [1.29, 1.82) is 0 Å². The number of aromatic nitrogens is 1. The molecule has 0 radical (unpaired) electrons. The fourth-order valence-electron chi connectivity index (χ4n) is 2.65. The summed E-state index contributed by atoms with van der Waals surface area (Å²) in [5.74, 6) is 0.484. The molecule has 2 heterocycles. The van der Waals surface area contributed by atoms with Crippen molar-refractivity contribution in [3.63, 3.8) is 0 Å². The van der Waals surface area contributed by atoms with Gasteiger partial charge in [0.15, 0.2) is 0 Å². The Balaban J connectivity index is 0.00000288. The molecule has 0 aliphatic carbocycles. The van der Waals surface area contributed by atoms with Crippen molar-refractivity contribution in [2.24, 2.45) is 5.92 Å². The van der Waals surface area contributed by atoms with E-state index in [0.717, 1.165) is 31.6 Å². The third-order valence-electron chi connectivity index (χ3n) is 4.23. The standard InChI is InChI=1S/C17H26N4O2.2ClH/c1-21(11-8-15-4-2-3-9-19-15)17(23)13-20-16(22)6-5-14-7-10-18-12-14;;/h2-4,9,14,18H,5-8,10-13H2,1H3,(H,20,22);2*1H. The first-order chi connectivity index (χ1) is 11.1. The first kappa shape index (κ1) is 23.6. The van der Waals surface area contributed by atoms with E-state index in [2.05, 4.69) is 15.6 Å². The number of amides is 2. The summed E-state index contributed by atoms with van der Waals surface area (Å²) in [7, 11) is 1.75. The van der Waals surface area contributed by atoms with Gasteiger partial charge in [0.25, 0.3) is 0 Å². The fraction of sp³-hybridized carbons (Fsp3) is 0.588. The van der Waals surface area contributed by atoms with Crippen LogP contribution in [0.2, 0.25) is 0 Å². The van der Waals surface area contributed by atoms with E-state index >= 15 is 0 Å². The molecule has 25 heavy (non-hydrogen) atoms. The summed E-state index contributed by atoms with van der Waals surface area (Å²) in [6, 6.07) is 5.75. The molecular weight excluding hydrogens is 363 g/mol. The number of pyridine rings is 1. The van der Waals surface area contributed by atoms with Crippen molar-refractivity contribution in [3.05, 3.63) is 30.1 Å². The molecule has 1 aliphatic heterocycles. The van der Waals surface area contributed by atoms with E-state index in [0.29, 0.717) is 25.3 Å². The summed E-state index contributed by atoms with van der Waals surface area (Å²) in [6.07, 6.45) is 4.99. The molecule has 0 spiro atoms. The van der Waals surface area contributed by atoms with E-state index in [9.17, 15) is 9.59 Å². The maximum absolute atomic E-state index is 12.0. The fourth-order valence-corrected chi connectivity index (χ4v) is 2.65. The molecule has 6 nitrogen and oxygen atoms in total. The number of nitrogens with zero attached hydrogens (tertiary/aromatic N) is 2. The highest BCUT2D eigenvalue weighted by molar-refractivity contribution is 5.85. The molecule has 1 atom stereocenters.